The Labute approximate surface area is 106 Å². The topological polar surface area (TPSA) is 46.6 Å². The summed E-state index contributed by atoms with van der Waals surface area (Å²) in [7, 11) is 0. The second kappa shape index (κ2) is 4.42. The number of ether oxygens (including phenoxy) is 1. The molecular weight excluding hydrogens is 263 g/mol. The maximum Gasteiger partial charge on any atom is 0.573 e. The van der Waals surface area contributed by atoms with Crippen molar-refractivity contribution >= 4 is 17.5 Å². The highest BCUT2D eigenvalue weighted by Crippen LogP contribution is 2.29. The van der Waals surface area contributed by atoms with Crippen LogP contribution in [0.5, 0.6) is 5.75 Å². The zero-order chi connectivity index (χ0) is 14.2. The Morgan fingerprint density at radius 1 is 1.21 bits per heavy atom. The number of hydrogen-bond donors (Lipinski definition) is 0. The minimum Gasteiger partial charge on any atom is -0.406 e. The van der Waals surface area contributed by atoms with Crippen molar-refractivity contribution in [3.05, 3.63) is 35.9 Å². The molecule has 100 valence electrons. The van der Waals surface area contributed by atoms with Crippen molar-refractivity contribution in [2.24, 2.45) is 0 Å². The van der Waals surface area contributed by atoms with Crippen LogP contribution < -0.4 is 9.64 Å². The van der Waals surface area contributed by atoms with Crippen LogP contribution in [0.4, 0.5) is 18.9 Å². The number of halogens is 3. The highest BCUT2D eigenvalue weighted by atomic mass is 19.4. The van der Waals surface area contributed by atoms with Gasteiger partial charge in [-0.25, -0.2) is 4.90 Å². The zero-order valence-corrected chi connectivity index (χ0v) is 9.69. The fraction of sp³-hybridized carbons (Fsp3) is 0.167. The molecule has 0 saturated heterocycles. The van der Waals surface area contributed by atoms with Gasteiger partial charge in [0.15, 0.2) is 0 Å². The molecular formula is C12H8F3NO3. The van der Waals surface area contributed by atoms with Crippen LogP contribution in [-0.2, 0) is 9.59 Å². The van der Waals surface area contributed by atoms with E-state index >= 15 is 0 Å². The van der Waals surface area contributed by atoms with Crippen molar-refractivity contribution in [2.45, 2.75) is 13.3 Å². The van der Waals surface area contributed by atoms with Crippen molar-refractivity contribution in [1.82, 2.24) is 0 Å². The minimum absolute atomic E-state index is 0.0323. The SMILES string of the molecule is CC1=CC(=O)N(c2cccc(OC(F)(F)F)c2)C1=O. The van der Waals surface area contributed by atoms with Gasteiger partial charge in [-0.15, -0.1) is 13.2 Å². The van der Waals surface area contributed by atoms with E-state index in [9.17, 15) is 22.8 Å². The first-order valence-corrected chi connectivity index (χ1v) is 5.20. The van der Waals surface area contributed by atoms with Crippen molar-refractivity contribution < 1.29 is 27.5 Å². The van der Waals surface area contributed by atoms with Gasteiger partial charge in [0.1, 0.15) is 5.75 Å². The monoisotopic (exact) mass is 271 g/mol. The molecule has 0 unspecified atom stereocenters. The molecule has 1 heterocycles. The number of anilines is 1. The van der Waals surface area contributed by atoms with Gasteiger partial charge in [-0.05, 0) is 19.1 Å². The summed E-state index contributed by atoms with van der Waals surface area (Å²) in [5, 5.41) is 0. The lowest BCUT2D eigenvalue weighted by Crippen LogP contribution is -2.30. The Hall–Kier alpha value is -2.31. The summed E-state index contributed by atoms with van der Waals surface area (Å²) in [6.07, 6.45) is -3.70. The molecule has 2 rings (SSSR count). The van der Waals surface area contributed by atoms with Crippen LogP contribution in [0.15, 0.2) is 35.9 Å². The molecule has 0 fully saturated rings. The van der Waals surface area contributed by atoms with E-state index in [0.717, 1.165) is 23.1 Å². The van der Waals surface area contributed by atoms with Gasteiger partial charge in [-0.3, -0.25) is 9.59 Å². The fourth-order valence-electron chi connectivity index (χ4n) is 1.65. The zero-order valence-electron chi connectivity index (χ0n) is 9.69. The molecule has 0 saturated carbocycles. The van der Waals surface area contributed by atoms with Crippen LogP contribution >= 0.6 is 0 Å². The molecule has 4 nitrogen and oxygen atoms in total. The number of imide groups is 1. The van der Waals surface area contributed by atoms with Crippen LogP contribution in [0.25, 0.3) is 0 Å². The molecule has 0 radical (unpaired) electrons. The summed E-state index contributed by atoms with van der Waals surface area (Å²) in [6.45, 7) is 1.45. The summed E-state index contributed by atoms with van der Waals surface area (Å²) in [4.78, 5) is 24.0. The molecule has 2 amide bonds. The van der Waals surface area contributed by atoms with E-state index in [1.54, 1.807) is 0 Å². The van der Waals surface area contributed by atoms with Gasteiger partial charge in [-0.1, -0.05) is 6.07 Å². The van der Waals surface area contributed by atoms with Crippen molar-refractivity contribution in [3.63, 3.8) is 0 Å². The quantitative estimate of drug-likeness (QED) is 0.776. The van der Waals surface area contributed by atoms with Gasteiger partial charge < -0.3 is 4.74 Å². The van der Waals surface area contributed by atoms with Crippen molar-refractivity contribution in [3.8, 4) is 5.75 Å². The summed E-state index contributed by atoms with van der Waals surface area (Å²) in [6, 6.07) is 4.69. The number of alkyl halides is 3. The van der Waals surface area contributed by atoms with E-state index in [1.165, 1.54) is 19.1 Å². The maximum atomic E-state index is 12.1. The van der Waals surface area contributed by atoms with Crippen molar-refractivity contribution in [1.29, 1.82) is 0 Å². The third-order valence-corrected chi connectivity index (χ3v) is 2.41. The predicted molar refractivity (Wildman–Crippen MR) is 59.4 cm³/mol. The molecule has 1 aromatic carbocycles. The maximum absolute atomic E-state index is 12.1. The summed E-state index contributed by atoms with van der Waals surface area (Å²) in [5.74, 6) is -1.64. The Balaban J connectivity index is 2.30. The van der Waals surface area contributed by atoms with E-state index in [1.807, 2.05) is 0 Å². The smallest absolute Gasteiger partial charge is 0.406 e. The molecule has 19 heavy (non-hydrogen) atoms. The van der Waals surface area contributed by atoms with E-state index in [4.69, 9.17) is 0 Å². The van der Waals surface area contributed by atoms with Crippen LogP contribution in [-0.4, -0.2) is 18.2 Å². The molecule has 7 heteroatoms. The van der Waals surface area contributed by atoms with Crippen LogP contribution in [0.3, 0.4) is 0 Å². The molecule has 1 aliphatic heterocycles. The first-order valence-electron chi connectivity index (χ1n) is 5.20. The third kappa shape index (κ3) is 2.75. The Bertz CT molecular complexity index is 578. The molecule has 0 bridgehead atoms. The lowest BCUT2D eigenvalue weighted by molar-refractivity contribution is -0.274. The van der Waals surface area contributed by atoms with Crippen LogP contribution in [0.1, 0.15) is 6.92 Å². The second-order valence-electron chi connectivity index (χ2n) is 3.85. The molecule has 0 aliphatic carbocycles. The van der Waals surface area contributed by atoms with Gasteiger partial charge in [-0.2, -0.15) is 0 Å². The Morgan fingerprint density at radius 3 is 2.42 bits per heavy atom. The number of hydrogen-bond acceptors (Lipinski definition) is 3. The summed E-state index contributed by atoms with van der Waals surface area (Å²) >= 11 is 0. The number of benzene rings is 1. The summed E-state index contributed by atoms with van der Waals surface area (Å²) in [5.41, 5.74) is 0.261. The largest absolute Gasteiger partial charge is 0.573 e. The van der Waals surface area contributed by atoms with E-state index in [0.29, 0.717) is 0 Å². The first kappa shape index (κ1) is 13.1. The van der Waals surface area contributed by atoms with Gasteiger partial charge in [0.05, 0.1) is 5.69 Å². The third-order valence-electron chi connectivity index (χ3n) is 2.41. The molecule has 0 N–H and O–H groups in total. The first-order chi connectivity index (χ1) is 8.78. The Kier molecular flexibility index (Phi) is 3.05. The fourth-order valence-corrected chi connectivity index (χ4v) is 1.65. The minimum atomic E-state index is -4.83. The number of carbonyl (C=O) groups excluding carboxylic acids is 2. The summed E-state index contributed by atoms with van der Waals surface area (Å²) < 4.78 is 40.0. The van der Waals surface area contributed by atoms with Crippen molar-refractivity contribution in [2.75, 3.05) is 4.90 Å². The average molecular weight is 271 g/mol. The molecule has 1 aromatic rings. The van der Waals surface area contributed by atoms with Gasteiger partial charge in [0, 0.05) is 17.7 Å². The lowest BCUT2D eigenvalue weighted by Gasteiger charge is -2.16. The van der Waals surface area contributed by atoms with E-state index in [-0.39, 0.29) is 11.3 Å². The number of nitrogens with zero attached hydrogens (tertiary/aromatic N) is 1. The van der Waals surface area contributed by atoms with Gasteiger partial charge in [0.2, 0.25) is 0 Å². The molecule has 1 aliphatic rings. The Morgan fingerprint density at radius 2 is 1.89 bits per heavy atom. The predicted octanol–water partition coefficient (Wildman–Crippen LogP) is 2.40. The lowest BCUT2D eigenvalue weighted by atomic mass is 10.2. The van der Waals surface area contributed by atoms with E-state index in [2.05, 4.69) is 4.74 Å². The van der Waals surface area contributed by atoms with Crippen LogP contribution in [0.2, 0.25) is 0 Å². The average Bonchev–Trinajstić information content (AvgIpc) is 2.51. The molecule has 0 spiro atoms. The van der Waals surface area contributed by atoms with Gasteiger partial charge in [0.25, 0.3) is 11.8 Å². The number of rotatable bonds is 2. The highest BCUT2D eigenvalue weighted by Gasteiger charge is 2.33. The highest BCUT2D eigenvalue weighted by molar-refractivity contribution is 6.30. The second-order valence-corrected chi connectivity index (χ2v) is 3.85. The number of carbonyl (C=O) groups is 2. The molecule has 0 aromatic heterocycles. The van der Waals surface area contributed by atoms with Gasteiger partial charge >= 0.3 is 6.36 Å². The van der Waals surface area contributed by atoms with E-state index < -0.39 is 23.9 Å². The number of amides is 2. The molecule has 0 atom stereocenters. The van der Waals surface area contributed by atoms with Crippen LogP contribution in [0, 0.1) is 0 Å². The normalized spacial score (nSPS) is 15.8. The standard InChI is InChI=1S/C12H8F3NO3/c1-7-5-10(17)16(11(7)18)8-3-2-4-9(6-8)19-12(13,14)15/h2-6H,1H3.